The first kappa shape index (κ1) is 13.8. The van der Waals surface area contributed by atoms with Crippen molar-refractivity contribution in [3.63, 3.8) is 0 Å². The van der Waals surface area contributed by atoms with Gasteiger partial charge in [-0.3, -0.25) is 0 Å². The van der Waals surface area contributed by atoms with Gasteiger partial charge in [0, 0.05) is 11.6 Å². The number of benzene rings is 1. The quantitative estimate of drug-likeness (QED) is 0.935. The first-order valence-corrected chi connectivity index (χ1v) is 6.65. The van der Waals surface area contributed by atoms with Crippen LogP contribution < -0.4 is 9.47 Å². The van der Waals surface area contributed by atoms with E-state index in [-0.39, 0.29) is 5.56 Å². The molecule has 1 atom stereocenters. The van der Waals surface area contributed by atoms with E-state index in [4.69, 9.17) is 9.47 Å². The topological polar surface area (TPSA) is 38.7 Å². The van der Waals surface area contributed by atoms with Crippen molar-refractivity contribution in [1.29, 1.82) is 0 Å². The number of rotatable bonds is 4. The molecule has 1 aromatic heterocycles. The van der Waals surface area contributed by atoms with Crippen molar-refractivity contribution in [2.24, 2.45) is 0 Å². The van der Waals surface area contributed by atoms with Gasteiger partial charge in [0.1, 0.15) is 11.9 Å². The molecule has 0 saturated heterocycles. The number of aryl methyl sites for hydroxylation is 1. The molecule has 0 spiro atoms. The largest absolute Gasteiger partial charge is 0.493 e. The number of aliphatic hydroxyl groups excluding tert-OH is 1. The molecule has 3 nitrogen and oxygen atoms in total. The number of ether oxygens (including phenoxy) is 2. The molecule has 1 aromatic carbocycles. The van der Waals surface area contributed by atoms with E-state index in [2.05, 4.69) is 0 Å². The van der Waals surface area contributed by atoms with Crippen LogP contribution in [0.1, 0.15) is 22.8 Å². The Morgan fingerprint density at radius 3 is 2.26 bits per heavy atom. The smallest absolute Gasteiger partial charge is 0.163 e. The van der Waals surface area contributed by atoms with Crippen molar-refractivity contribution >= 4 is 11.3 Å². The Morgan fingerprint density at radius 2 is 1.74 bits per heavy atom. The summed E-state index contributed by atoms with van der Waals surface area (Å²) >= 11 is 1.47. The summed E-state index contributed by atoms with van der Waals surface area (Å²) in [7, 11) is 2.91. The summed E-state index contributed by atoms with van der Waals surface area (Å²) in [6.07, 6.45) is -1.01. The number of methoxy groups -OCH3 is 2. The zero-order valence-corrected chi connectivity index (χ0v) is 11.8. The SMILES string of the molecule is COc1cc(F)c(C(O)c2cscc2C)cc1OC. The van der Waals surface area contributed by atoms with Crippen LogP contribution in [0.15, 0.2) is 22.9 Å². The summed E-state index contributed by atoms with van der Waals surface area (Å²) in [6, 6.07) is 2.69. The van der Waals surface area contributed by atoms with Crippen molar-refractivity contribution < 1.29 is 19.0 Å². The third kappa shape index (κ3) is 2.57. The van der Waals surface area contributed by atoms with Gasteiger partial charge < -0.3 is 14.6 Å². The Bertz CT molecular complexity index is 580. The van der Waals surface area contributed by atoms with Gasteiger partial charge in [0.25, 0.3) is 0 Å². The van der Waals surface area contributed by atoms with Crippen molar-refractivity contribution in [2.45, 2.75) is 13.0 Å². The molecule has 0 radical (unpaired) electrons. The highest BCUT2D eigenvalue weighted by Crippen LogP contribution is 2.35. The fourth-order valence-corrected chi connectivity index (χ4v) is 2.77. The second-order valence-corrected chi connectivity index (χ2v) is 4.88. The van der Waals surface area contributed by atoms with Crippen LogP contribution in [0.2, 0.25) is 0 Å². The molecule has 102 valence electrons. The van der Waals surface area contributed by atoms with Crippen LogP contribution in [0.4, 0.5) is 4.39 Å². The van der Waals surface area contributed by atoms with Gasteiger partial charge in [-0.15, -0.1) is 0 Å². The predicted molar refractivity (Wildman–Crippen MR) is 72.6 cm³/mol. The molecule has 0 amide bonds. The lowest BCUT2D eigenvalue weighted by Gasteiger charge is -2.15. The van der Waals surface area contributed by atoms with Crippen molar-refractivity contribution in [1.82, 2.24) is 0 Å². The van der Waals surface area contributed by atoms with E-state index >= 15 is 0 Å². The minimum atomic E-state index is -1.01. The molecule has 2 aromatic rings. The van der Waals surface area contributed by atoms with Gasteiger partial charge in [0.15, 0.2) is 11.5 Å². The van der Waals surface area contributed by atoms with Gasteiger partial charge in [-0.05, 0) is 34.9 Å². The van der Waals surface area contributed by atoms with Crippen molar-refractivity contribution in [3.05, 3.63) is 45.4 Å². The average Bonchev–Trinajstić information content (AvgIpc) is 2.83. The first-order valence-electron chi connectivity index (χ1n) is 5.70. The molecule has 0 bridgehead atoms. The third-order valence-electron chi connectivity index (χ3n) is 2.99. The van der Waals surface area contributed by atoms with Gasteiger partial charge >= 0.3 is 0 Å². The lowest BCUT2D eigenvalue weighted by atomic mass is 10.0. The fourth-order valence-electron chi connectivity index (χ4n) is 1.90. The summed E-state index contributed by atoms with van der Waals surface area (Å²) in [6.45, 7) is 1.88. The highest BCUT2D eigenvalue weighted by atomic mass is 32.1. The number of hydrogen-bond donors (Lipinski definition) is 1. The second kappa shape index (κ2) is 5.59. The Morgan fingerprint density at radius 1 is 1.11 bits per heavy atom. The molecule has 2 rings (SSSR count). The summed E-state index contributed by atoms with van der Waals surface area (Å²) in [5.41, 5.74) is 1.82. The lowest BCUT2D eigenvalue weighted by molar-refractivity contribution is 0.213. The predicted octanol–water partition coefficient (Wildman–Crippen LogP) is 3.29. The Balaban J connectivity index is 2.48. The van der Waals surface area contributed by atoms with Crippen LogP contribution >= 0.6 is 11.3 Å². The summed E-state index contributed by atoms with van der Waals surface area (Å²) in [5, 5.41) is 14.0. The van der Waals surface area contributed by atoms with E-state index < -0.39 is 11.9 Å². The van der Waals surface area contributed by atoms with Crippen LogP contribution in [-0.4, -0.2) is 19.3 Å². The van der Waals surface area contributed by atoms with Crippen LogP contribution in [-0.2, 0) is 0 Å². The maximum Gasteiger partial charge on any atom is 0.163 e. The van der Waals surface area contributed by atoms with Gasteiger partial charge in [0.05, 0.1) is 14.2 Å². The normalized spacial score (nSPS) is 12.3. The lowest BCUT2D eigenvalue weighted by Crippen LogP contribution is -2.04. The van der Waals surface area contributed by atoms with Crippen LogP contribution in [0.3, 0.4) is 0 Å². The third-order valence-corrected chi connectivity index (χ3v) is 3.87. The zero-order chi connectivity index (χ0) is 14.0. The van der Waals surface area contributed by atoms with Gasteiger partial charge in [-0.1, -0.05) is 0 Å². The second-order valence-electron chi connectivity index (χ2n) is 4.14. The number of halogens is 1. The van der Waals surface area contributed by atoms with E-state index in [0.717, 1.165) is 5.56 Å². The minimum absolute atomic E-state index is 0.180. The van der Waals surface area contributed by atoms with Crippen LogP contribution in [0.25, 0.3) is 0 Å². The standard InChI is InChI=1S/C14H15FO3S/c1-8-6-19-7-10(8)14(16)9-4-12(17-2)13(18-3)5-11(9)15/h4-7,14,16H,1-3H3. The molecule has 1 heterocycles. The average molecular weight is 282 g/mol. The highest BCUT2D eigenvalue weighted by molar-refractivity contribution is 7.08. The molecule has 5 heteroatoms. The number of thiophene rings is 1. The Hall–Kier alpha value is -1.59. The van der Waals surface area contributed by atoms with E-state index in [1.54, 1.807) is 0 Å². The molecule has 0 aliphatic heterocycles. The van der Waals surface area contributed by atoms with Gasteiger partial charge in [0.2, 0.25) is 0 Å². The monoisotopic (exact) mass is 282 g/mol. The van der Waals surface area contributed by atoms with Crippen molar-refractivity contribution in [3.8, 4) is 11.5 Å². The molecule has 1 N–H and O–H groups in total. The van der Waals surface area contributed by atoms with Crippen molar-refractivity contribution in [2.75, 3.05) is 14.2 Å². The molecular weight excluding hydrogens is 267 g/mol. The molecular formula is C14H15FO3S. The van der Waals surface area contributed by atoms with Gasteiger partial charge in [-0.25, -0.2) is 4.39 Å². The molecule has 1 unspecified atom stereocenters. The molecule has 0 aliphatic rings. The first-order chi connectivity index (χ1) is 9.08. The van der Waals surface area contributed by atoms with E-state index in [0.29, 0.717) is 17.1 Å². The highest BCUT2D eigenvalue weighted by Gasteiger charge is 2.20. The molecule has 0 fully saturated rings. The Labute approximate surface area is 115 Å². The van der Waals surface area contributed by atoms with Crippen LogP contribution in [0, 0.1) is 12.7 Å². The number of aliphatic hydroxyl groups is 1. The molecule has 0 saturated carbocycles. The van der Waals surface area contributed by atoms with Crippen LogP contribution in [0.5, 0.6) is 11.5 Å². The zero-order valence-electron chi connectivity index (χ0n) is 10.9. The summed E-state index contributed by atoms with van der Waals surface area (Å²) < 4.78 is 24.2. The summed E-state index contributed by atoms with van der Waals surface area (Å²) in [5.74, 6) is 0.180. The van der Waals surface area contributed by atoms with E-state index in [1.807, 2.05) is 17.7 Å². The van der Waals surface area contributed by atoms with E-state index in [1.165, 1.54) is 37.7 Å². The van der Waals surface area contributed by atoms with E-state index in [9.17, 15) is 9.50 Å². The minimum Gasteiger partial charge on any atom is -0.493 e. The summed E-state index contributed by atoms with van der Waals surface area (Å²) in [4.78, 5) is 0. The Kier molecular flexibility index (Phi) is 4.07. The maximum atomic E-state index is 14.0. The fraction of sp³-hybridized carbons (Fsp3) is 0.286. The molecule has 19 heavy (non-hydrogen) atoms. The molecule has 0 aliphatic carbocycles. The number of hydrogen-bond acceptors (Lipinski definition) is 4. The maximum absolute atomic E-state index is 14.0. The van der Waals surface area contributed by atoms with Gasteiger partial charge in [-0.2, -0.15) is 11.3 Å².